The van der Waals surface area contributed by atoms with Crippen molar-refractivity contribution in [2.24, 2.45) is 0 Å². The minimum Gasteiger partial charge on any atom is -0.453 e. The Labute approximate surface area is 187 Å². The van der Waals surface area contributed by atoms with Crippen molar-refractivity contribution in [1.29, 1.82) is 0 Å². The van der Waals surface area contributed by atoms with Gasteiger partial charge in [0.25, 0.3) is 0 Å². The number of methoxy groups -OCH3 is 1. The maximum atomic E-state index is 12.8. The molecular formula is C24H28N4O4. The van der Waals surface area contributed by atoms with Gasteiger partial charge in [-0.15, -0.1) is 0 Å². The number of carbonyl (C=O) groups is 2. The summed E-state index contributed by atoms with van der Waals surface area (Å²) in [6, 6.07) is 17.0. The van der Waals surface area contributed by atoms with Crippen LogP contribution in [0.15, 0.2) is 60.8 Å². The number of imidazole rings is 1. The highest BCUT2D eigenvalue weighted by atomic mass is 16.6. The second-order valence-electron chi connectivity index (χ2n) is 8.26. The van der Waals surface area contributed by atoms with Crippen LogP contribution < -0.4 is 5.32 Å². The van der Waals surface area contributed by atoms with Crippen molar-refractivity contribution in [3.05, 3.63) is 72.2 Å². The molecular weight excluding hydrogens is 408 g/mol. The molecule has 0 radical (unpaired) electrons. The molecule has 3 aromatic rings. The molecule has 0 unspecified atom stereocenters. The van der Waals surface area contributed by atoms with E-state index >= 15 is 0 Å². The molecule has 1 heterocycles. The second kappa shape index (κ2) is 10.00. The Morgan fingerprint density at radius 1 is 1.03 bits per heavy atom. The van der Waals surface area contributed by atoms with E-state index in [0.717, 1.165) is 16.8 Å². The van der Waals surface area contributed by atoms with Crippen molar-refractivity contribution in [1.82, 2.24) is 14.9 Å². The van der Waals surface area contributed by atoms with Crippen LogP contribution in [0.4, 0.5) is 15.3 Å². The van der Waals surface area contributed by atoms with Gasteiger partial charge >= 0.3 is 12.2 Å². The largest absolute Gasteiger partial charge is 0.453 e. The van der Waals surface area contributed by atoms with Crippen molar-refractivity contribution in [3.8, 4) is 11.3 Å². The van der Waals surface area contributed by atoms with E-state index in [1.165, 1.54) is 7.11 Å². The molecule has 1 aromatic heterocycles. The summed E-state index contributed by atoms with van der Waals surface area (Å²) in [6.07, 6.45) is 0.785. The van der Waals surface area contributed by atoms with Crippen LogP contribution >= 0.6 is 0 Å². The van der Waals surface area contributed by atoms with Gasteiger partial charge in [-0.25, -0.2) is 14.6 Å². The third-order valence-electron chi connectivity index (χ3n) is 4.46. The molecule has 2 amide bonds. The number of aromatic nitrogens is 2. The highest BCUT2D eigenvalue weighted by molar-refractivity contribution is 5.84. The lowest BCUT2D eigenvalue weighted by Crippen LogP contribution is -2.36. The molecule has 0 aliphatic rings. The summed E-state index contributed by atoms with van der Waals surface area (Å²) >= 11 is 0. The van der Waals surface area contributed by atoms with Gasteiger partial charge < -0.3 is 14.5 Å². The van der Waals surface area contributed by atoms with E-state index in [2.05, 4.69) is 20.0 Å². The first-order valence-electron chi connectivity index (χ1n) is 10.2. The molecule has 168 valence electrons. The standard InChI is InChI=1S/C24H28N4O4/c1-24(2,3)32-23(30)28(15-17-8-6-5-7-9-17)16-21-25-14-20(27-21)18-10-12-19(13-11-18)26-22(29)31-4/h5-14H,15-16H2,1-4H3,(H,25,27)(H,26,29). The number of aromatic amines is 1. The van der Waals surface area contributed by atoms with E-state index in [4.69, 9.17) is 4.74 Å². The average Bonchev–Trinajstić information content (AvgIpc) is 3.22. The van der Waals surface area contributed by atoms with Crippen molar-refractivity contribution in [3.63, 3.8) is 0 Å². The summed E-state index contributed by atoms with van der Waals surface area (Å²) in [7, 11) is 1.31. The fourth-order valence-corrected chi connectivity index (χ4v) is 2.99. The Morgan fingerprint density at radius 3 is 2.34 bits per heavy atom. The molecule has 0 fully saturated rings. The number of hydrogen-bond acceptors (Lipinski definition) is 5. The number of hydrogen-bond donors (Lipinski definition) is 2. The zero-order valence-corrected chi connectivity index (χ0v) is 18.7. The van der Waals surface area contributed by atoms with Gasteiger partial charge in [-0.3, -0.25) is 10.2 Å². The van der Waals surface area contributed by atoms with Gasteiger partial charge in [0.1, 0.15) is 11.4 Å². The van der Waals surface area contributed by atoms with Gasteiger partial charge in [0, 0.05) is 12.2 Å². The summed E-state index contributed by atoms with van der Waals surface area (Å²) in [5, 5.41) is 2.61. The Bertz CT molecular complexity index is 1040. The quantitative estimate of drug-likeness (QED) is 0.554. The molecule has 3 rings (SSSR count). The summed E-state index contributed by atoms with van der Waals surface area (Å²) in [4.78, 5) is 33.5. The number of benzene rings is 2. The molecule has 0 spiro atoms. The molecule has 8 heteroatoms. The zero-order valence-electron chi connectivity index (χ0n) is 18.7. The van der Waals surface area contributed by atoms with E-state index in [1.807, 2.05) is 63.2 Å². The Balaban J connectivity index is 1.74. The first-order valence-corrected chi connectivity index (χ1v) is 10.2. The fourth-order valence-electron chi connectivity index (χ4n) is 2.99. The monoisotopic (exact) mass is 436 g/mol. The predicted molar refractivity (Wildman–Crippen MR) is 122 cm³/mol. The molecule has 0 aliphatic heterocycles. The van der Waals surface area contributed by atoms with Crippen LogP contribution in [0.3, 0.4) is 0 Å². The van der Waals surface area contributed by atoms with Crippen LogP contribution in [0.1, 0.15) is 32.2 Å². The minimum atomic E-state index is -0.597. The van der Waals surface area contributed by atoms with E-state index in [0.29, 0.717) is 18.1 Å². The summed E-state index contributed by atoms with van der Waals surface area (Å²) in [5.74, 6) is 0.638. The maximum Gasteiger partial charge on any atom is 0.411 e. The summed E-state index contributed by atoms with van der Waals surface area (Å²) in [6.45, 7) is 6.20. The SMILES string of the molecule is COC(=O)Nc1ccc(-c2cnc(CN(Cc3ccccc3)C(=O)OC(C)(C)C)[nH]2)cc1. The molecule has 0 saturated heterocycles. The van der Waals surface area contributed by atoms with Crippen molar-refractivity contribution < 1.29 is 19.1 Å². The molecule has 8 nitrogen and oxygen atoms in total. The fraction of sp³-hybridized carbons (Fsp3) is 0.292. The normalized spacial score (nSPS) is 11.0. The molecule has 0 aliphatic carbocycles. The molecule has 2 N–H and O–H groups in total. The molecule has 0 bridgehead atoms. The van der Waals surface area contributed by atoms with E-state index in [-0.39, 0.29) is 6.54 Å². The molecule has 0 atom stereocenters. The van der Waals surface area contributed by atoms with Gasteiger partial charge in [0.2, 0.25) is 0 Å². The number of nitrogens with one attached hydrogen (secondary N) is 2. The maximum absolute atomic E-state index is 12.8. The number of rotatable bonds is 6. The minimum absolute atomic E-state index is 0.270. The van der Waals surface area contributed by atoms with Crippen LogP contribution in [0.2, 0.25) is 0 Å². The van der Waals surface area contributed by atoms with E-state index in [1.54, 1.807) is 23.2 Å². The lowest BCUT2D eigenvalue weighted by atomic mass is 10.1. The lowest BCUT2D eigenvalue weighted by molar-refractivity contribution is 0.0212. The molecule has 2 aromatic carbocycles. The Hall–Kier alpha value is -3.81. The first kappa shape index (κ1) is 22.9. The van der Waals surface area contributed by atoms with Crippen LogP contribution in [0.25, 0.3) is 11.3 Å². The summed E-state index contributed by atoms with van der Waals surface area (Å²) in [5.41, 5.74) is 2.72. The van der Waals surface area contributed by atoms with Gasteiger partial charge in [-0.05, 0) is 44.0 Å². The van der Waals surface area contributed by atoms with E-state index < -0.39 is 17.8 Å². The van der Waals surface area contributed by atoms with Crippen LogP contribution in [-0.2, 0) is 22.6 Å². The van der Waals surface area contributed by atoms with E-state index in [9.17, 15) is 9.59 Å². The smallest absolute Gasteiger partial charge is 0.411 e. The lowest BCUT2D eigenvalue weighted by Gasteiger charge is -2.27. The summed E-state index contributed by atoms with van der Waals surface area (Å²) < 4.78 is 10.2. The number of ether oxygens (including phenoxy) is 2. The first-order chi connectivity index (χ1) is 15.2. The predicted octanol–water partition coefficient (Wildman–Crippen LogP) is 5.19. The van der Waals surface area contributed by atoms with Crippen molar-refractivity contribution in [2.75, 3.05) is 12.4 Å². The second-order valence-corrected chi connectivity index (χ2v) is 8.26. The highest BCUT2D eigenvalue weighted by Crippen LogP contribution is 2.21. The van der Waals surface area contributed by atoms with Crippen molar-refractivity contribution in [2.45, 2.75) is 39.5 Å². The zero-order chi connectivity index (χ0) is 23.1. The van der Waals surface area contributed by atoms with Crippen LogP contribution in [-0.4, -0.2) is 39.8 Å². The molecule has 0 saturated carbocycles. The number of H-pyrrole nitrogens is 1. The van der Waals surface area contributed by atoms with Gasteiger partial charge in [0.05, 0.1) is 25.5 Å². The number of nitrogens with zero attached hydrogens (tertiary/aromatic N) is 2. The molecule has 32 heavy (non-hydrogen) atoms. The van der Waals surface area contributed by atoms with Gasteiger partial charge in [-0.1, -0.05) is 42.5 Å². The van der Waals surface area contributed by atoms with Crippen LogP contribution in [0.5, 0.6) is 0 Å². The third-order valence-corrected chi connectivity index (χ3v) is 4.46. The third kappa shape index (κ3) is 6.60. The number of anilines is 1. The van der Waals surface area contributed by atoms with Crippen LogP contribution in [0, 0.1) is 0 Å². The Morgan fingerprint density at radius 2 is 1.72 bits per heavy atom. The van der Waals surface area contributed by atoms with Crippen molar-refractivity contribution >= 4 is 17.9 Å². The number of carbonyl (C=O) groups excluding carboxylic acids is 2. The van der Waals surface area contributed by atoms with Gasteiger partial charge in [-0.2, -0.15) is 0 Å². The van der Waals surface area contributed by atoms with Gasteiger partial charge in [0.15, 0.2) is 0 Å². The number of amides is 2. The Kier molecular flexibility index (Phi) is 7.14. The average molecular weight is 437 g/mol. The topological polar surface area (TPSA) is 96.6 Å². The highest BCUT2D eigenvalue weighted by Gasteiger charge is 2.23.